The monoisotopic (exact) mass is 385 g/mol. The molecule has 1 aromatic carbocycles. The number of nitrogens with one attached hydrogen (secondary N) is 1. The number of halogens is 1. The Morgan fingerprint density at radius 3 is 2.74 bits per heavy atom. The SMILES string of the molecule is C=CC(=O)N1CC(CC(=O)Nc2ccc(=O)n(Cc3cccc(Cl)c3)c2)C1. The number of pyridine rings is 1. The molecule has 0 radical (unpaired) electrons. The van der Waals surface area contributed by atoms with Crippen LogP contribution in [0.3, 0.4) is 0 Å². The van der Waals surface area contributed by atoms with Gasteiger partial charge in [-0.05, 0) is 29.8 Å². The molecule has 0 aliphatic carbocycles. The lowest BCUT2D eigenvalue weighted by atomic mass is 9.96. The van der Waals surface area contributed by atoms with Gasteiger partial charge in [0.2, 0.25) is 11.8 Å². The Hall–Kier alpha value is -2.86. The average molecular weight is 386 g/mol. The average Bonchev–Trinajstić information content (AvgIpc) is 2.60. The fourth-order valence-electron chi connectivity index (χ4n) is 3.04. The summed E-state index contributed by atoms with van der Waals surface area (Å²) >= 11 is 5.98. The maximum Gasteiger partial charge on any atom is 0.250 e. The lowest BCUT2D eigenvalue weighted by Crippen LogP contribution is -2.50. The molecule has 0 unspecified atom stereocenters. The molecule has 0 saturated carbocycles. The van der Waals surface area contributed by atoms with Crippen LogP contribution in [0.1, 0.15) is 12.0 Å². The van der Waals surface area contributed by atoms with Crippen LogP contribution in [0.5, 0.6) is 0 Å². The number of aromatic nitrogens is 1. The van der Waals surface area contributed by atoms with Crippen LogP contribution in [-0.2, 0) is 16.1 Å². The normalized spacial score (nSPS) is 13.7. The van der Waals surface area contributed by atoms with E-state index in [2.05, 4.69) is 11.9 Å². The van der Waals surface area contributed by atoms with Gasteiger partial charge in [0.1, 0.15) is 0 Å². The van der Waals surface area contributed by atoms with Crippen LogP contribution in [0.15, 0.2) is 60.0 Å². The molecule has 1 saturated heterocycles. The first kappa shape index (κ1) is 18.9. The highest BCUT2D eigenvalue weighted by Gasteiger charge is 2.30. The van der Waals surface area contributed by atoms with Gasteiger partial charge in [-0.2, -0.15) is 0 Å². The molecule has 2 heterocycles. The van der Waals surface area contributed by atoms with Crippen molar-refractivity contribution in [1.29, 1.82) is 0 Å². The van der Waals surface area contributed by atoms with Gasteiger partial charge in [0, 0.05) is 42.7 Å². The minimum atomic E-state index is -0.162. The van der Waals surface area contributed by atoms with Crippen LogP contribution >= 0.6 is 11.6 Å². The number of rotatable bonds is 6. The molecule has 27 heavy (non-hydrogen) atoms. The molecule has 2 aromatic rings. The second-order valence-corrected chi connectivity index (χ2v) is 7.02. The number of hydrogen-bond acceptors (Lipinski definition) is 3. The van der Waals surface area contributed by atoms with Gasteiger partial charge in [-0.25, -0.2) is 0 Å². The Bertz CT molecular complexity index is 932. The zero-order valence-corrected chi connectivity index (χ0v) is 15.5. The van der Waals surface area contributed by atoms with E-state index in [1.807, 2.05) is 12.1 Å². The molecule has 140 valence electrons. The lowest BCUT2D eigenvalue weighted by molar-refractivity contribution is -0.134. The Kier molecular flexibility index (Phi) is 5.76. The Balaban J connectivity index is 1.59. The Morgan fingerprint density at radius 2 is 2.04 bits per heavy atom. The van der Waals surface area contributed by atoms with E-state index in [0.29, 0.717) is 36.8 Å². The summed E-state index contributed by atoms with van der Waals surface area (Å²) in [5.41, 5.74) is 1.29. The third-order valence-corrected chi connectivity index (χ3v) is 4.66. The number of likely N-dealkylation sites (tertiary alicyclic amines) is 1. The van der Waals surface area contributed by atoms with Crippen molar-refractivity contribution in [3.63, 3.8) is 0 Å². The predicted octanol–water partition coefficient (Wildman–Crippen LogP) is 2.52. The topological polar surface area (TPSA) is 71.4 Å². The molecule has 1 fully saturated rings. The Morgan fingerprint density at radius 1 is 1.26 bits per heavy atom. The molecule has 1 N–H and O–H groups in total. The van der Waals surface area contributed by atoms with Gasteiger partial charge in [0.05, 0.1) is 12.2 Å². The van der Waals surface area contributed by atoms with Gasteiger partial charge < -0.3 is 14.8 Å². The molecule has 7 heteroatoms. The highest BCUT2D eigenvalue weighted by atomic mass is 35.5. The van der Waals surface area contributed by atoms with Gasteiger partial charge in [-0.3, -0.25) is 14.4 Å². The largest absolute Gasteiger partial charge is 0.338 e. The van der Waals surface area contributed by atoms with Crippen molar-refractivity contribution in [2.75, 3.05) is 18.4 Å². The number of carbonyl (C=O) groups excluding carboxylic acids is 2. The van der Waals surface area contributed by atoms with Crippen LogP contribution in [0, 0.1) is 5.92 Å². The molecule has 1 aliphatic rings. The lowest BCUT2D eigenvalue weighted by Gasteiger charge is -2.38. The standard InChI is InChI=1S/C20H20ClN3O3/c1-2-19(26)23-11-15(12-23)9-18(25)22-17-6-7-20(27)24(13-17)10-14-4-3-5-16(21)8-14/h2-8,13,15H,1,9-12H2,(H,22,25). The Labute approximate surface area is 162 Å². The summed E-state index contributed by atoms with van der Waals surface area (Å²) in [7, 11) is 0. The zero-order valence-electron chi connectivity index (χ0n) is 14.7. The first-order valence-corrected chi connectivity index (χ1v) is 8.98. The predicted molar refractivity (Wildman–Crippen MR) is 105 cm³/mol. The van der Waals surface area contributed by atoms with E-state index in [4.69, 9.17) is 11.6 Å². The smallest absolute Gasteiger partial charge is 0.250 e. The number of benzene rings is 1. The van der Waals surface area contributed by atoms with Crippen LogP contribution in [0.4, 0.5) is 5.69 Å². The van der Waals surface area contributed by atoms with Gasteiger partial charge in [0.15, 0.2) is 0 Å². The number of hydrogen-bond donors (Lipinski definition) is 1. The van der Waals surface area contributed by atoms with Crippen LogP contribution in [0.2, 0.25) is 5.02 Å². The number of amides is 2. The number of carbonyl (C=O) groups is 2. The minimum Gasteiger partial charge on any atom is -0.338 e. The van der Waals surface area contributed by atoms with Crippen LogP contribution in [0.25, 0.3) is 0 Å². The first-order chi connectivity index (χ1) is 12.9. The third-order valence-electron chi connectivity index (χ3n) is 4.43. The van der Waals surface area contributed by atoms with E-state index >= 15 is 0 Å². The first-order valence-electron chi connectivity index (χ1n) is 8.60. The van der Waals surface area contributed by atoms with E-state index in [-0.39, 0.29) is 23.3 Å². The fraction of sp³-hybridized carbons (Fsp3) is 0.250. The second kappa shape index (κ2) is 8.22. The van der Waals surface area contributed by atoms with Gasteiger partial charge in [-0.15, -0.1) is 0 Å². The second-order valence-electron chi connectivity index (χ2n) is 6.58. The van der Waals surface area contributed by atoms with Gasteiger partial charge >= 0.3 is 0 Å². The number of anilines is 1. The maximum atomic E-state index is 12.2. The summed E-state index contributed by atoms with van der Waals surface area (Å²) in [5, 5.41) is 3.42. The molecule has 2 amide bonds. The van der Waals surface area contributed by atoms with Gasteiger partial charge in [-0.1, -0.05) is 30.3 Å². The molecular weight excluding hydrogens is 366 g/mol. The quantitative estimate of drug-likeness (QED) is 0.777. The van der Waals surface area contributed by atoms with Crippen molar-refractivity contribution in [2.24, 2.45) is 5.92 Å². The molecule has 6 nitrogen and oxygen atoms in total. The molecule has 1 aliphatic heterocycles. The van der Waals surface area contributed by atoms with E-state index in [9.17, 15) is 14.4 Å². The van der Waals surface area contributed by atoms with Crippen LogP contribution in [-0.4, -0.2) is 34.4 Å². The molecule has 0 atom stereocenters. The minimum absolute atomic E-state index is 0.111. The highest BCUT2D eigenvalue weighted by molar-refractivity contribution is 6.30. The summed E-state index contributed by atoms with van der Waals surface area (Å²) in [6.07, 6.45) is 3.23. The molecule has 0 bridgehead atoms. The van der Waals surface area contributed by atoms with E-state index in [0.717, 1.165) is 5.56 Å². The van der Waals surface area contributed by atoms with E-state index in [1.54, 1.807) is 29.3 Å². The van der Waals surface area contributed by atoms with Crippen molar-refractivity contribution >= 4 is 29.1 Å². The van der Waals surface area contributed by atoms with E-state index < -0.39 is 0 Å². The summed E-state index contributed by atoms with van der Waals surface area (Å²) in [6, 6.07) is 10.3. The zero-order chi connectivity index (χ0) is 19.4. The summed E-state index contributed by atoms with van der Waals surface area (Å²) in [6.45, 7) is 4.94. The van der Waals surface area contributed by atoms with E-state index in [1.165, 1.54) is 16.7 Å². The summed E-state index contributed by atoms with van der Waals surface area (Å²) < 4.78 is 1.52. The van der Waals surface area contributed by atoms with Gasteiger partial charge in [0.25, 0.3) is 5.56 Å². The maximum absolute atomic E-state index is 12.2. The summed E-state index contributed by atoms with van der Waals surface area (Å²) in [4.78, 5) is 37.4. The highest BCUT2D eigenvalue weighted by Crippen LogP contribution is 2.20. The van der Waals surface area contributed by atoms with Crippen molar-refractivity contribution in [3.8, 4) is 0 Å². The third kappa shape index (κ3) is 4.86. The van der Waals surface area contributed by atoms with Crippen molar-refractivity contribution in [3.05, 3.63) is 76.2 Å². The molecule has 3 rings (SSSR count). The fourth-order valence-corrected chi connectivity index (χ4v) is 3.26. The molecule has 0 spiro atoms. The van der Waals surface area contributed by atoms with Crippen LogP contribution < -0.4 is 10.9 Å². The molecule has 1 aromatic heterocycles. The number of nitrogens with zero attached hydrogens (tertiary/aromatic N) is 2. The van der Waals surface area contributed by atoms with Crippen molar-refractivity contribution in [2.45, 2.75) is 13.0 Å². The van der Waals surface area contributed by atoms with Crippen molar-refractivity contribution in [1.82, 2.24) is 9.47 Å². The summed E-state index contributed by atoms with van der Waals surface area (Å²) in [5.74, 6) is -0.107. The van der Waals surface area contributed by atoms with Crippen molar-refractivity contribution < 1.29 is 9.59 Å². The molecular formula is C20H20ClN3O3.